The lowest BCUT2D eigenvalue weighted by Crippen LogP contribution is -1.99. The minimum atomic E-state index is -3.22. The van der Waals surface area contributed by atoms with Gasteiger partial charge in [-0.25, -0.2) is 8.42 Å². The van der Waals surface area contributed by atoms with E-state index in [1.54, 1.807) is 23.9 Å². The number of rotatable bonds is 3. The molecule has 0 saturated carbocycles. The van der Waals surface area contributed by atoms with Crippen molar-refractivity contribution in [1.82, 2.24) is 0 Å². The Balaban J connectivity index is 2.35. The van der Waals surface area contributed by atoms with E-state index in [-0.39, 0.29) is 4.90 Å². The topological polar surface area (TPSA) is 60.2 Å². The van der Waals surface area contributed by atoms with Crippen molar-refractivity contribution < 1.29 is 8.42 Å². The largest absolute Gasteiger partial charge is 0.398 e. The molecular weight excluding hydrogens is 290 g/mol. The molecule has 0 aliphatic heterocycles. The summed E-state index contributed by atoms with van der Waals surface area (Å²) < 4.78 is 23.0. The number of sulfone groups is 1. The summed E-state index contributed by atoms with van der Waals surface area (Å²) in [6.45, 7) is 4.10. The van der Waals surface area contributed by atoms with E-state index in [9.17, 15) is 8.42 Å². The molecule has 2 aromatic rings. The van der Waals surface area contributed by atoms with Crippen LogP contribution in [-0.2, 0) is 9.84 Å². The van der Waals surface area contributed by atoms with Crippen LogP contribution in [0.25, 0.3) is 0 Å². The van der Waals surface area contributed by atoms with Gasteiger partial charge in [0.1, 0.15) is 0 Å². The molecule has 2 rings (SSSR count). The Hall–Kier alpha value is -1.46. The van der Waals surface area contributed by atoms with Crippen molar-refractivity contribution in [3.8, 4) is 0 Å². The number of nitrogen functional groups attached to an aromatic ring is 1. The molecular formula is C15H17NO2S2. The minimum absolute atomic E-state index is 0.250. The van der Waals surface area contributed by atoms with Crippen LogP contribution in [0.1, 0.15) is 11.1 Å². The van der Waals surface area contributed by atoms with E-state index in [0.717, 1.165) is 9.79 Å². The van der Waals surface area contributed by atoms with Crippen molar-refractivity contribution in [2.24, 2.45) is 0 Å². The highest BCUT2D eigenvalue weighted by atomic mass is 32.2. The van der Waals surface area contributed by atoms with Gasteiger partial charge in [-0.1, -0.05) is 29.5 Å². The van der Waals surface area contributed by atoms with Gasteiger partial charge >= 0.3 is 0 Å². The Bertz CT molecular complexity index is 752. The summed E-state index contributed by atoms with van der Waals surface area (Å²) >= 11 is 1.55. The van der Waals surface area contributed by atoms with Crippen LogP contribution in [0.5, 0.6) is 0 Å². The summed E-state index contributed by atoms with van der Waals surface area (Å²) in [5.41, 5.74) is 8.84. The number of nitrogens with two attached hydrogens (primary N) is 1. The lowest BCUT2D eigenvalue weighted by Gasteiger charge is -2.10. The molecule has 0 bridgehead atoms. The SMILES string of the molecule is Cc1ccc(Sc2ccc(S(C)(=O)=O)cc2N)c(C)c1. The molecule has 0 heterocycles. The van der Waals surface area contributed by atoms with E-state index in [4.69, 9.17) is 5.73 Å². The van der Waals surface area contributed by atoms with Gasteiger partial charge in [0.25, 0.3) is 0 Å². The molecule has 0 unspecified atom stereocenters. The van der Waals surface area contributed by atoms with E-state index in [1.165, 1.54) is 23.4 Å². The molecule has 2 N–H and O–H groups in total. The van der Waals surface area contributed by atoms with E-state index < -0.39 is 9.84 Å². The third-order valence-corrected chi connectivity index (χ3v) is 5.34. The second kappa shape index (κ2) is 5.50. The molecule has 5 heteroatoms. The van der Waals surface area contributed by atoms with Crippen LogP contribution in [0.2, 0.25) is 0 Å². The molecule has 20 heavy (non-hydrogen) atoms. The summed E-state index contributed by atoms with van der Waals surface area (Å²) in [4.78, 5) is 2.23. The second-order valence-electron chi connectivity index (χ2n) is 4.84. The molecule has 2 aromatic carbocycles. The molecule has 0 amide bonds. The third-order valence-electron chi connectivity index (χ3n) is 2.96. The Morgan fingerprint density at radius 1 is 1.00 bits per heavy atom. The van der Waals surface area contributed by atoms with Crippen LogP contribution >= 0.6 is 11.8 Å². The number of aryl methyl sites for hydroxylation is 2. The van der Waals surface area contributed by atoms with Gasteiger partial charge < -0.3 is 5.73 Å². The van der Waals surface area contributed by atoms with Crippen molar-refractivity contribution >= 4 is 27.3 Å². The van der Waals surface area contributed by atoms with Gasteiger partial charge in [0.2, 0.25) is 0 Å². The Kier molecular flexibility index (Phi) is 4.11. The molecule has 0 spiro atoms. The Morgan fingerprint density at radius 2 is 1.65 bits per heavy atom. The van der Waals surface area contributed by atoms with Crippen LogP contribution in [0.4, 0.5) is 5.69 Å². The van der Waals surface area contributed by atoms with E-state index >= 15 is 0 Å². The van der Waals surface area contributed by atoms with Crippen LogP contribution in [0, 0.1) is 13.8 Å². The van der Waals surface area contributed by atoms with Gasteiger partial charge in [0.05, 0.1) is 4.90 Å². The van der Waals surface area contributed by atoms with E-state index in [2.05, 4.69) is 32.0 Å². The van der Waals surface area contributed by atoms with Crippen molar-refractivity contribution in [2.75, 3.05) is 12.0 Å². The maximum Gasteiger partial charge on any atom is 0.175 e. The number of hydrogen-bond acceptors (Lipinski definition) is 4. The van der Waals surface area contributed by atoms with Crippen molar-refractivity contribution in [3.63, 3.8) is 0 Å². The van der Waals surface area contributed by atoms with Gasteiger partial charge in [0, 0.05) is 21.7 Å². The number of hydrogen-bond donors (Lipinski definition) is 1. The summed E-state index contributed by atoms with van der Waals surface area (Å²) in [7, 11) is -3.22. The van der Waals surface area contributed by atoms with Gasteiger partial charge in [-0.3, -0.25) is 0 Å². The molecule has 0 atom stereocenters. The fourth-order valence-corrected chi connectivity index (χ4v) is 3.44. The van der Waals surface area contributed by atoms with Gasteiger partial charge in [-0.15, -0.1) is 0 Å². The number of benzene rings is 2. The highest BCUT2D eigenvalue weighted by Crippen LogP contribution is 2.35. The molecule has 0 fully saturated rings. The molecule has 106 valence electrons. The molecule has 0 aromatic heterocycles. The van der Waals surface area contributed by atoms with Gasteiger partial charge in [-0.2, -0.15) is 0 Å². The lowest BCUT2D eigenvalue weighted by atomic mass is 10.2. The highest BCUT2D eigenvalue weighted by molar-refractivity contribution is 7.99. The number of anilines is 1. The average molecular weight is 307 g/mol. The summed E-state index contributed by atoms with van der Waals surface area (Å²) in [6, 6.07) is 11.1. The van der Waals surface area contributed by atoms with Crippen LogP contribution in [0.15, 0.2) is 51.1 Å². The van der Waals surface area contributed by atoms with Crippen LogP contribution in [0.3, 0.4) is 0 Å². The minimum Gasteiger partial charge on any atom is -0.398 e. The van der Waals surface area contributed by atoms with Crippen LogP contribution < -0.4 is 5.73 Å². The predicted octanol–water partition coefficient (Wildman–Crippen LogP) is 3.44. The quantitative estimate of drug-likeness (QED) is 0.882. The standard InChI is InChI=1S/C15H17NO2S2/c1-10-4-6-14(11(2)8-10)19-15-7-5-12(9-13(15)16)20(3,17)18/h4-9H,16H2,1-3H3. The average Bonchev–Trinajstić information content (AvgIpc) is 2.33. The first-order valence-electron chi connectivity index (χ1n) is 6.12. The summed E-state index contributed by atoms with van der Waals surface area (Å²) in [5, 5.41) is 0. The molecule has 0 radical (unpaired) electrons. The normalized spacial score (nSPS) is 11.6. The fourth-order valence-electron chi connectivity index (χ4n) is 1.88. The zero-order valence-corrected chi connectivity index (χ0v) is 13.3. The second-order valence-corrected chi connectivity index (χ2v) is 7.94. The molecule has 0 saturated heterocycles. The zero-order valence-electron chi connectivity index (χ0n) is 11.7. The van der Waals surface area contributed by atoms with Gasteiger partial charge in [-0.05, 0) is 43.7 Å². The Labute approximate surface area is 124 Å². The first-order chi connectivity index (χ1) is 9.27. The van der Waals surface area contributed by atoms with Crippen molar-refractivity contribution in [2.45, 2.75) is 28.5 Å². The molecule has 3 nitrogen and oxygen atoms in total. The summed E-state index contributed by atoms with van der Waals surface area (Å²) in [5.74, 6) is 0. The highest BCUT2D eigenvalue weighted by Gasteiger charge is 2.11. The molecule has 0 aliphatic carbocycles. The summed E-state index contributed by atoms with van der Waals surface area (Å²) in [6.07, 6.45) is 1.18. The van der Waals surface area contributed by atoms with Crippen molar-refractivity contribution in [1.29, 1.82) is 0 Å². The smallest absolute Gasteiger partial charge is 0.175 e. The molecule has 0 aliphatic rings. The first-order valence-corrected chi connectivity index (χ1v) is 8.83. The fraction of sp³-hybridized carbons (Fsp3) is 0.200. The maximum atomic E-state index is 11.5. The maximum absolute atomic E-state index is 11.5. The Morgan fingerprint density at radius 3 is 2.20 bits per heavy atom. The van der Waals surface area contributed by atoms with E-state index in [1.807, 2.05) is 0 Å². The third kappa shape index (κ3) is 3.35. The first kappa shape index (κ1) is 14.9. The monoisotopic (exact) mass is 307 g/mol. The van der Waals surface area contributed by atoms with Gasteiger partial charge in [0.15, 0.2) is 9.84 Å². The van der Waals surface area contributed by atoms with E-state index in [0.29, 0.717) is 5.69 Å². The lowest BCUT2D eigenvalue weighted by molar-refractivity contribution is 0.602. The van der Waals surface area contributed by atoms with Crippen LogP contribution in [-0.4, -0.2) is 14.7 Å². The predicted molar refractivity (Wildman–Crippen MR) is 84.0 cm³/mol. The zero-order chi connectivity index (χ0) is 14.9. The van der Waals surface area contributed by atoms with Crippen molar-refractivity contribution in [3.05, 3.63) is 47.5 Å².